The Kier molecular flexibility index (Phi) is 2.77. The minimum atomic E-state index is 0.0980. The van der Waals surface area contributed by atoms with Gasteiger partial charge in [0.15, 0.2) is 5.82 Å². The number of rotatable bonds is 1. The quantitative estimate of drug-likeness (QED) is 0.837. The number of nitrogen functional groups attached to an aromatic ring is 1. The van der Waals surface area contributed by atoms with E-state index in [4.69, 9.17) is 11.0 Å². The van der Waals surface area contributed by atoms with Gasteiger partial charge in [-0.15, -0.1) is 10.2 Å². The zero-order valence-electron chi connectivity index (χ0n) is 9.14. The average molecular weight is 294 g/mol. The van der Waals surface area contributed by atoms with Gasteiger partial charge in [0.2, 0.25) is 10.7 Å². The van der Waals surface area contributed by atoms with Crippen molar-refractivity contribution in [2.45, 2.75) is 13.8 Å². The number of aryl methyl sites for hydroxylation is 1. The topological polar surface area (TPSA) is 106 Å². The van der Waals surface area contributed by atoms with Crippen LogP contribution in [0, 0.1) is 25.2 Å². The summed E-state index contributed by atoms with van der Waals surface area (Å²) in [6, 6.07) is 2.09. The van der Waals surface area contributed by atoms with Crippen LogP contribution < -0.4 is 5.73 Å². The van der Waals surface area contributed by atoms with Crippen LogP contribution in [0.5, 0.6) is 0 Å². The molecule has 2 heterocycles. The molecule has 0 saturated carbocycles. The molecule has 0 aromatic carbocycles. The van der Waals surface area contributed by atoms with Gasteiger partial charge in [-0.3, -0.25) is 0 Å². The molecule has 0 aliphatic rings. The molecule has 0 spiro atoms. The summed E-state index contributed by atoms with van der Waals surface area (Å²) in [6.45, 7) is 3.60. The van der Waals surface area contributed by atoms with Crippen LogP contribution >= 0.6 is 15.9 Å². The van der Waals surface area contributed by atoms with E-state index in [1.54, 1.807) is 13.8 Å². The van der Waals surface area contributed by atoms with Crippen molar-refractivity contribution in [1.82, 2.24) is 25.0 Å². The molecular weight excluding hydrogens is 286 g/mol. The van der Waals surface area contributed by atoms with E-state index < -0.39 is 0 Å². The largest absolute Gasteiger partial charge is 0.366 e. The van der Waals surface area contributed by atoms with Gasteiger partial charge in [-0.1, -0.05) is 0 Å². The lowest BCUT2D eigenvalue weighted by molar-refractivity contribution is 0.782. The van der Waals surface area contributed by atoms with Crippen LogP contribution in [-0.2, 0) is 0 Å². The van der Waals surface area contributed by atoms with E-state index in [1.807, 2.05) is 0 Å². The van der Waals surface area contributed by atoms with Crippen molar-refractivity contribution in [2.24, 2.45) is 0 Å². The lowest BCUT2D eigenvalue weighted by atomic mass is 10.1. The highest BCUT2D eigenvalue weighted by molar-refractivity contribution is 9.10. The van der Waals surface area contributed by atoms with E-state index in [0.29, 0.717) is 21.8 Å². The predicted octanol–water partition coefficient (Wildman–Crippen LogP) is 0.891. The van der Waals surface area contributed by atoms with E-state index in [-0.39, 0.29) is 5.95 Å². The molecule has 7 nitrogen and oxygen atoms in total. The van der Waals surface area contributed by atoms with Crippen molar-refractivity contribution in [3.05, 3.63) is 21.6 Å². The van der Waals surface area contributed by atoms with Gasteiger partial charge in [0, 0.05) is 0 Å². The molecular formula is C9H8BrN7. The molecule has 86 valence electrons. The standard InChI is InChI=1S/C9H8BrN7/c1-4-5(2)14-15-7(6(4)3-11)17-8(10)13-9(12)16-17/h1-2H3,(H2,12,16). The fourth-order valence-electron chi connectivity index (χ4n) is 1.32. The minimum Gasteiger partial charge on any atom is -0.366 e. The second kappa shape index (κ2) is 4.10. The predicted molar refractivity (Wildman–Crippen MR) is 63.3 cm³/mol. The first kappa shape index (κ1) is 11.5. The van der Waals surface area contributed by atoms with Gasteiger partial charge >= 0.3 is 0 Å². The Morgan fingerprint density at radius 2 is 2.06 bits per heavy atom. The molecule has 0 atom stereocenters. The van der Waals surface area contributed by atoms with Gasteiger partial charge < -0.3 is 5.73 Å². The Hall–Kier alpha value is -2.01. The second-order valence-electron chi connectivity index (χ2n) is 3.37. The normalized spacial score (nSPS) is 10.2. The molecule has 0 unspecified atom stereocenters. The fraction of sp³-hybridized carbons (Fsp3) is 0.222. The van der Waals surface area contributed by atoms with Crippen LogP contribution in [0.25, 0.3) is 5.82 Å². The van der Waals surface area contributed by atoms with Crippen molar-refractivity contribution in [3.63, 3.8) is 0 Å². The molecule has 0 radical (unpaired) electrons. The van der Waals surface area contributed by atoms with E-state index in [2.05, 4.69) is 42.3 Å². The highest BCUT2D eigenvalue weighted by Gasteiger charge is 2.16. The zero-order chi connectivity index (χ0) is 12.6. The van der Waals surface area contributed by atoms with Crippen LogP contribution in [0.15, 0.2) is 4.73 Å². The molecule has 0 fully saturated rings. The molecule has 2 N–H and O–H groups in total. The van der Waals surface area contributed by atoms with Gasteiger partial charge in [0.05, 0.1) is 5.69 Å². The molecule has 0 saturated heterocycles. The summed E-state index contributed by atoms with van der Waals surface area (Å²) in [6.07, 6.45) is 0. The van der Waals surface area contributed by atoms with Gasteiger partial charge in [0.25, 0.3) is 0 Å². The van der Waals surface area contributed by atoms with E-state index in [1.165, 1.54) is 4.68 Å². The van der Waals surface area contributed by atoms with Crippen LogP contribution in [-0.4, -0.2) is 25.0 Å². The van der Waals surface area contributed by atoms with Gasteiger partial charge in [-0.05, 0) is 35.3 Å². The first-order chi connectivity index (χ1) is 8.04. The third-order valence-corrected chi connectivity index (χ3v) is 2.85. The summed E-state index contributed by atoms with van der Waals surface area (Å²) < 4.78 is 1.72. The van der Waals surface area contributed by atoms with Crippen molar-refractivity contribution >= 4 is 21.9 Å². The Morgan fingerprint density at radius 3 is 2.59 bits per heavy atom. The Bertz CT molecular complexity index is 625. The number of aromatic nitrogens is 5. The van der Waals surface area contributed by atoms with E-state index >= 15 is 0 Å². The van der Waals surface area contributed by atoms with Crippen molar-refractivity contribution in [2.75, 3.05) is 5.73 Å². The maximum absolute atomic E-state index is 9.16. The summed E-state index contributed by atoms with van der Waals surface area (Å²) in [7, 11) is 0. The number of halogens is 1. The highest BCUT2D eigenvalue weighted by atomic mass is 79.9. The SMILES string of the molecule is Cc1nnc(-n2nc(N)nc2Br)c(C#N)c1C. The number of nitrogens with two attached hydrogens (primary N) is 1. The summed E-state index contributed by atoms with van der Waals surface area (Å²) in [5, 5.41) is 21.0. The van der Waals surface area contributed by atoms with Gasteiger partial charge in [-0.2, -0.15) is 20.0 Å². The minimum absolute atomic E-state index is 0.0980. The zero-order valence-corrected chi connectivity index (χ0v) is 10.7. The summed E-state index contributed by atoms with van der Waals surface area (Å²) in [5.41, 5.74) is 7.34. The van der Waals surface area contributed by atoms with Crippen LogP contribution in [0.1, 0.15) is 16.8 Å². The number of nitriles is 1. The first-order valence-corrected chi connectivity index (χ1v) is 5.46. The van der Waals surface area contributed by atoms with Crippen LogP contribution in [0.2, 0.25) is 0 Å². The maximum atomic E-state index is 9.16. The molecule has 0 amide bonds. The smallest absolute Gasteiger partial charge is 0.241 e. The Balaban J connectivity index is 2.73. The number of hydrogen-bond acceptors (Lipinski definition) is 6. The molecule has 2 aromatic rings. The maximum Gasteiger partial charge on any atom is 0.241 e. The summed E-state index contributed by atoms with van der Waals surface area (Å²) >= 11 is 3.19. The summed E-state index contributed by atoms with van der Waals surface area (Å²) in [5.74, 6) is 0.410. The second-order valence-corrected chi connectivity index (χ2v) is 4.08. The number of nitrogens with zero attached hydrogens (tertiary/aromatic N) is 6. The van der Waals surface area contributed by atoms with Gasteiger partial charge in [0.1, 0.15) is 11.6 Å². The van der Waals surface area contributed by atoms with Crippen molar-refractivity contribution in [1.29, 1.82) is 5.26 Å². The molecule has 0 aliphatic heterocycles. The van der Waals surface area contributed by atoms with Crippen molar-refractivity contribution in [3.8, 4) is 11.9 Å². The third kappa shape index (κ3) is 1.85. The highest BCUT2D eigenvalue weighted by Crippen LogP contribution is 2.19. The fourth-order valence-corrected chi connectivity index (χ4v) is 1.75. The van der Waals surface area contributed by atoms with E-state index in [9.17, 15) is 0 Å². The molecule has 0 bridgehead atoms. The monoisotopic (exact) mass is 293 g/mol. The third-order valence-electron chi connectivity index (χ3n) is 2.33. The summed E-state index contributed by atoms with van der Waals surface area (Å²) in [4.78, 5) is 3.88. The molecule has 17 heavy (non-hydrogen) atoms. The Labute approximate surface area is 105 Å². The number of hydrogen-bond donors (Lipinski definition) is 1. The lowest BCUT2D eigenvalue weighted by Crippen LogP contribution is -2.08. The van der Waals surface area contributed by atoms with Crippen molar-refractivity contribution < 1.29 is 0 Å². The lowest BCUT2D eigenvalue weighted by Gasteiger charge is -2.06. The van der Waals surface area contributed by atoms with Crippen LogP contribution in [0.3, 0.4) is 0 Å². The Morgan fingerprint density at radius 1 is 1.35 bits per heavy atom. The molecule has 0 aliphatic carbocycles. The van der Waals surface area contributed by atoms with E-state index in [0.717, 1.165) is 5.56 Å². The average Bonchev–Trinajstić information content (AvgIpc) is 2.61. The number of anilines is 1. The first-order valence-electron chi connectivity index (χ1n) is 4.67. The molecule has 8 heteroatoms. The molecule has 2 aromatic heterocycles. The van der Waals surface area contributed by atoms with Crippen LogP contribution in [0.4, 0.5) is 5.95 Å². The molecule has 2 rings (SSSR count). The van der Waals surface area contributed by atoms with Gasteiger partial charge in [-0.25, -0.2) is 0 Å².